The van der Waals surface area contributed by atoms with Crippen LogP contribution in [0.4, 0.5) is 17.1 Å². The van der Waals surface area contributed by atoms with E-state index in [9.17, 15) is 0 Å². The molecule has 0 aliphatic heterocycles. The lowest BCUT2D eigenvalue weighted by atomic mass is 10.1. The second-order valence-electron chi connectivity index (χ2n) is 5.78. The van der Waals surface area contributed by atoms with Crippen molar-refractivity contribution < 1.29 is 0 Å². The lowest BCUT2D eigenvalue weighted by molar-refractivity contribution is 1.35. The van der Waals surface area contributed by atoms with Crippen LogP contribution in [0.15, 0.2) is 58.2 Å². The van der Waals surface area contributed by atoms with Gasteiger partial charge in [0.25, 0.3) is 0 Å². The van der Waals surface area contributed by atoms with E-state index >= 15 is 0 Å². The van der Waals surface area contributed by atoms with Crippen LogP contribution in [0.2, 0.25) is 5.02 Å². The lowest BCUT2D eigenvalue weighted by Crippen LogP contribution is -2.14. The molecule has 4 nitrogen and oxygen atoms in total. The predicted octanol–water partition coefficient (Wildman–Crippen LogP) is 5.68. The molecule has 0 unspecified atom stereocenters. The summed E-state index contributed by atoms with van der Waals surface area (Å²) < 4.78 is 0. The van der Waals surface area contributed by atoms with Gasteiger partial charge in [-0.3, -0.25) is 4.99 Å². The lowest BCUT2D eigenvalue weighted by Gasteiger charge is -2.14. The Labute approximate surface area is 154 Å². The Kier molecular flexibility index (Phi) is 6.37. The third-order valence-corrected chi connectivity index (χ3v) is 4.01. The third-order valence-electron chi connectivity index (χ3n) is 3.71. The molecule has 0 bridgehead atoms. The summed E-state index contributed by atoms with van der Waals surface area (Å²) in [6.07, 6.45) is 3.50. The van der Waals surface area contributed by atoms with E-state index in [2.05, 4.69) is 10.3 Å². The molecule has 3 N–H and O–H groups in total. The van der Waals surface area contributed by atoms with Crippen molar-refractivity contribution in [2.75, 3.05) is 11.1 Å². The molecule has 2 aromatic rings. The van der Waals surface area contributed by atoms with E-state index in [0.717, 1.165) is 33.8 Å². The molecule has 0 saturated carbocycles. The molecule has 2 rings (SSSR count). The summed E-state index contributed by atoms with van der Waals surface area (Å²) in [6.45, 7) is 7.81. The molecular weight excluding hydrogens is 332 g/mol. The van der Waals surface area contributed by atoms with Crippen molar-refractivity contribution in [3.05, 3.63) is 64.3 Å². The first-order valence-electron chi connectivity index (χ1n) is 8.04. The van der Waals surface area contributed by atoms with E-state index in [1.807, 2.05) is 64.1 Å². The zero-order valence-corrected chi connectivity index (χ0v) is 15.7. The Hall–Kier alpha value is -2.59. The van der Waals surface area contributed by atoms with Crippen molar-refractivity contribution in [3.8, 4) is 0 Å². The van der Waals surface area contributed by atoms with Crippen molar-refractivity contribution in [2.45, 2.75) is 27.7 Å². The zero-order chi connectivity index (χ0) is 18.4. The molecule has 5 heteroatoms. The number of aryl methyl sites for hydroxylation is 2. The van der Waals surface area contributed by atoms with Crippen LogP contribution in [0, 0.1) is 13.8 Å². The Morgan fingerprint density at radius 3 is 2.56 bits per heavy atom. The SMILES string of the molecule is CC=N/C=C(\C)C(=Nc1c(C)cccc1Cl)Nc1ccc(N)cc1C. The quantitative estimate of drug-likeness (QED) is 0.421. The number of benzene rings is 2. The number of hydrogen-bond donors (Lipinski definition) is 2. The number of rotatable bonds is 4. The molecule has 0 fully saturated rings. The number of nitrogen functional groups attached to an aromatic ring is 1. The van der Waals surface area contributed by atoms with Gasteiger partial charge in [0.15, 0.2) is 0 Å². The second kappa shape index (κ2) is 8.49. The number of amidine groups is 1. The number of anilines is 2. The summed E-state index contributed by atoms with van der Waals surface area (Å²) in [5.41, 5.74) is 11.2. The van der Waals surface area contributed by atoms with Gasteiger partial charge in [-0.25, -0.2) is 4.99 Å². The minimum Gasteiger partial charge on any atom is -0.399 e. The van der Waals surface area contributed by atoms with Gasteiger partial charge in [0.05, 0.1) is 10.7 Å². The van der Waals surface area contributed by atoms with Crippen molar-refractivity contribution in [3.63, 3.8) is 0 Å². The summed E-state index contributed by atoms with van der Waals surface area (Å²) in [6, 6.07) is 11.5. The number of para-hydroxylation sites is 1. The summed E-state index contributed by atoms with van der Waals surface area (Å²) in [5, 5.41) is 3.99. The molecule has 0 spiro atoms. The highest BCUT2D eigenvalue weighted by atomic mass is 35.5. The van der Waals surface area contributed by atoms with Crippen LogP contribution in [0.5, 0.6) is 0 Å². The van der Waals surface area contributed by atoms with E-state index < -0.39 is 0 Å². The molecule has 0 aromatic heterocycles. The first-order valence-corrected chi connectivity index (χ1v) is 8.42. The van der Waals surface area contributed by atoms with Gasteiger partial charge < -0.3 is 11.1 Å². The van der Waals surface area contributed by atoms with Gasteiger partial charge in [0.1, 0.15) is 5.84 Å². The van der Waals surface area contributed by atoms with Gasteiger partial charge in [-0.1, -0.05) is 23.7 Å². The molecule has 130 valence electrons. The average molecular weight is 355 g/mol. The Morgan fingerprint density at radius 1 is 1.16 bits per heavy atom. The Balaban J connectivity index is 2.52. The van der Waals surface area contributed by atoms with Gasteiger partial charge in [-0.15, -0.1) is 0 Å². The minimum atomic E-state index is 0.611. The van der Waals surface area contributed by atoms with Crippen LogP contribution in [0.3, 0.4) is 0 Å². The molecule has 0 atom stereocenters. The predicted molar refractivity (Wildman–Crippen MR) is 110 cm³/mol. The third kappa shape index (κ3) is 4.94. The van der Waals surface area contributed by atoms with Crippen LogP contribution in [-0.2, 0) is 0 Å². The van der Waals surface area contributed by atoms with E-state index in [0.29, 0.717) is 10.9 Å². The molecule has 25 heavy (non-hydrogen) atoms. The molecule has 0 amide bonds. The maximum atomic E-state index is 6.34. The first kappa shape index (κ1) is 18.7. The number of nitrogens with zero attached hydrogens (tertiary/aromatic N) is 2. The molecular formula is C20H23ClN4. The van der Waals surface area contributed by atoms with Gasteiger partial charge >= 0.3 is 0 Å². The monoisotopic (exact) mass is 354 g/mol. The van der Waals surface area contributed by atoms with Gasteiger partial charge in [0, 0.05) is 29.4 Å². The maximum Gasteiger partial charge on any atom is 0.135 e. The Bertz CT molecular complexity index is 831. The molecule has 2 aromatic carbocycles. The highest BCUT2D eigenvalue weighted by Gasteiger charge is 2.09. The van der Waals surface area contributed by atoms with Gasteiger partial charge in [0.2, 0.25) is 0 Å². The normalized spacial score (nSPS) is 12.7. The van der Waals surface area contributed by atoms with Crippen molar-refractivity contribution in [1.29, 1.82) is 0 Å². The molecule has 0 heterocycles. The fourth-order valence-electron chi connectivity index (χ4n) is 2.29. The standard InChI is InChI=1S/C20H23ClN4/c1-5-23-12-15(4)20(24-18-10-9-16(22)11-14(18)3)25-19-13(2)7-6-8-17(19)21/h5-12H,22H2,1-4H3,(H,24,25)/b15-12+,23-5?. The largest absolute Gasteiger partial charge is 0.399 e. The first-order chi connectivity index (χ1) is 11.9. The summed E-state index contributed by atoms with van der Waals surface area (Å²) in [4.78, 5) is 8.97. The van der Waals surface area contributed by atoms with Crippen molar-refractivity contribution >= 4 is 40.7 Å². The highest BCUT2D eigenvalue weighted by Crippen LogP contribution is 2.29. The van der Waals surface area contributed by atoms with Crippen molar-refractivity contribution in [2.24, 2.45) is 9.98 Å². The van der Waals surface area contributed by atoms with Gasteiger partial charge in [-0.2, -0.15) is 0 Å². The smallest absolute Gasteiger partial charge is 0.135 e. The van der Waals surface area contributed by atoms with Crippen LogP contribution < -0.4 is 11.1 Å². The maximum absolute atomic E-state index is 6.34. The van der Waals surface area contributed by atoms with E-state index in [1.165, 1.54) is 0 Å². The molecule has 0 radical (unpaired) electrons. The van der Waals surface area contributed by atoms with Crippen LogP contribution in [-0.4, -0.2) is 12.1 Å². The number of nitrogens with one attached hydrogen (secondary N) is 1. The minimum absolute atomic E-state index is 0.611. The average Bonchev–Trinajstić information content (AvgIpc) is 2.57. The summed E-state index contributed by atoms with van der Waals surface area (Å²) in [5.74, 6) is 0.690. The van der Waals surface area contributed by atoms with Crippen LogP contribution in [0.1, 0.15) is 25.0 Å². The number of hydrogen-bond acceptors (Lipinski definition) is 3. The van der Waals surface area contributed by atoms with Crippen LogP contribution >= 0.6 is 11.6 Å². The molecule has 0 aliphatic carbocycles. The fraction of sp³-hybridized carbons (Fsp3) is 0.200. The van der Waals surface area contributed by atoms with E-state index in [1.54, 1.807) is 12.4 Å². The number of halogens is 1. The number of nitrogens with two attached hydrogens (primary N) is 1. The van der Waals surface area contributed by atoms with E-state index in [4.69, 9.17) is 22.3 Å². The highest BCUT2D eigenvalue weighted by molar-refractivity contribution is 6.33. The topological polar surface area (TPSA) is 62.8 Å². The second-order valence-corrected chi connectivity index (χ2v) is 6.19. The molecule has 0 saturated heterocycles. The fourth-order valence-corrected chi connectivity index (χ4v) is 2.56. The summed E-state index contributed by atoms with van der Waals surface area (Å²) in [7, 11) is 0. The Morgan fingerprint density at radius 2 is 1.92 bits per heavy atom. The summed E-state index contributed by atoms with van der Waals surface area (Å²) >= 11 is 6.34. The molecule has 0 aliphatic rings. The van der Waals surface area contributed by atoms with Gasteiger partial charge in [-0.05, 0) is 63.1 Å². The van der Waals surface area contributed by atoms with E-state index in [-0.39, 0.29) is 0 Å². The number of aliphatic imine (C=N–C) groups is 2. The zero-order valence-electron chi connectivity index (χ0n) is 15.0. The van der Waals surface area contributed by atoms with Crippen molar-refractivity contribution in [1.82, 2.24) is 0 Å². The van der Waals surface area contributed by atoms with Crippen LogP contribution in [0.25, 0.3) is 0 Å².